The molecule has 0 radical (unpaired) electrons. The van der Waals surface area contributed by atoms with Crippen LogP contribution in [0.5, 0.6) is 0 Å². The molecule has 0 bridgehead atoms. The van der Waals surface area contributed by atoms with Gasteiger partial charge in [-0.2, -0.15) is 13.2 Å². The number of ether oxygens (including phenoxy) is 1. The summed E-state index contributed by atoms with van der Waals surface area (Å²) in [7, 11) is 0. The van der Waals surface area contributed by atoms with Crippen LogP contribution in [0.2, 0.25) is 0 Å². The highest BCUT2D eigenvalue weighted by Gasteiger charge is 2.29. The number of nitrogens with one attached hydrogen (secondary N) is 1. The lowest BCUT2D eigenvalue weighted by atomic mass is 10.1. The molecule has 1 unspecified atom stereocenters. The number of benzene rings is 1. The second-order valence-corrected chi connectivity index (χ2v) is 3.96. The maximum atomic E-state index is 11.9. The third-order valence-electron chi connectivity index (χ3n) is 2.30. The number of amides is 1. The molecule has 1 amide bonds. The van der Waals surface area contributed by atoms with E-state index in [1.165, 1.54) is 0 Å². The first-order valence-electron chi connectivity index (χ1n) is 5.65. The summed E-state index contributed by atoms with van der Waals surface area (Å²) in [5.41, 5.74) is 6.38. The van der Waals surface area contributed by atoms with Gasteiger partial charge in [-0.3, -0.25) is 0 Å². The standard InChI is InChI=1S/C12H15F3N2O2/c13-12(14,15)8-19-11(18)17-10(7-16)6-9-4-2-1-3-5-9/h1-5,10H,6-8,16H2,(H,17,18). The zero-order valence-corrected chi connectivity index (χ0v) is 10.1. The Balaban J connectivity index is 2.42. The molecular weight excluding hydrogens is 261 g/mol. The molecular formula is C12H15F3N2O2. The van der Waals surface area contributed by atoms with Gasteiger partial charge in [0.25, 0.3) is 0 Å². The van der Waals surface area contributed by atoms with Gasteiger partial charge < -0.3 is 15.8 Å². The number of halogens is 3. The zero-order chi connectivity index (χ0) is 14.3. The molecule has 0 aliphatic rings. The quantitative estimate of drug-likeness (QED) is 0.862. The molecule has 0 aromatic heterocycles. The maximum absolute atomic E-state index is 11.9. The van der Waals surface area contributed by atoms with E-state index in [1.54, 1.807) is 0 Å². The molecule has 1 aromatic rings. The fourth-order valence-corrected chi connectivity index (χ4v) is 1.45. The van der Waals surface area contributed by atoms with Crippen LogP contribution in [-0.4, -0.2) is 31.5 Å². The summed E-state index contributed by atoms with van der Waals surface area (Å²) in [6, 6.07) is 8.70. The fraction of sp³-hybridized carbons (Fsp3) is 0.417. The normalized spacial score (nSPS) is 12.8. The van der Waals surface area contributed by atoms with E-state index in [-0.39, 0.29) is 6.54 Å². The summed E-state index contributed by atoms with van der Waals surface area (Å²) in [6.45, 7) is -1.50. The van der Waals surface area contributed by atoms with Crippen LogP contribution in [-0.2, 0) is 11.2 Å². The van der Waals surface area contributed by atoms with Crippen LogP contribution in [0.1, 0.15) is 5.56 Å². The average molecular weight is 276 g/mol. The van der Waals surface area contributed by atoms with Crippen LogP contribution >= 0.6 is 0 Å². The predicted molar refractivity (Wildman–Crippen MR) is 63.5 cm³/mol. The average Bonchev–Trinajstić information content (AvgIpc) is 2.36. The minimum absolute atomic E-state index is 0.107. The molecule has 4 nitrogen and oxygen atoms in total. The molecule has 1 rings (SSSR count). The van der Waals surface area contributed by atoms with Gasteiger partial charge in [0.15, 0.2) is 6.61 Å². The van der Waals surface area contributed by atoms with Crippen LogP contribution in [0.25, 0.3) is 0 Å². The van der Waals surface area contributed by atoms with Crippen molar-refractivity contribution in [1.82, 2.24) is 5.32 Å². The van der Waals surface area contributed by atoms with Crippen molar-refractivity contribution in [3.63, 3.8) is 0 Å². The van der Waals surface area contributed by atoms with E-state index in [0.717, 1.165) is 5.56 Å². The monoisotopic (exact) mass is 276 g/mol. The lowest BCUT2D eigenvalue weighted by Gasteiger charge is -2.17. The molecule has 0 spiro atoms. The summed E-state index contributed by atoms with van der Waals surface area (Å²) < 4.78 is 39.6. The molecule has 0 saturated carbocycles. The zero-order valence-electron chi connectivity index (χ0n) is 10.1. The Hall–Kier alpha value is -1.76. The third kappa shape index (κ3) is 6.66. The Labute approximate surface area is 108 Å². The van der Waals surface area contributed by atoms with Crippen molar-refractivity contribution in [2.75, 3.05) is 13.2 Å². The van der Waals surface area contributed by atoms with E-state index in [0.29, 0.717) is 6.42 Å². The van der Waals surface area contributed by atoms with Crippen molar-refractivity contribution in [3.05, 3.63) is 35.9 Å². The number of alkyl carbamates (subject to hydrolysis) is 1. The predicted octanol–water partition coefficient (Wildman–Crippen LogP) is 1.84. The van der Waals surface area contributed by atoms with Crippen LogP contribution < -0.4 is 11.1 Å². The molecule has 0 aliphatic heterocycles. The first kappa shape index (κ1) is 15.3. The minimum Gasteiger partial charge on any atom is -0.440 e. The second kappa shape index (κ2) is 6.98. The molecule has 106 valence electrons. The topological polar surface area (TPSA) is 64.3 Å². The molecule has 1 aromatic carbocycles. The number of nitrogens with two attached hydrogens (primary N) is 1. The van der Waals surface area contributed by atoms with Gasteiger partial charge in [0.05, 0.1) is 0 Å². The number of rotatable bonds is 5. The summed E-state index contributed by atoms with van der Waals surface area (Å²) in [6.07, 6.45) is -5.23. The highest BCUT2D eigenvalue weighted by molar-refractivity contribution is 5.67. The largest absolute Gasteiger partial charge is 0.440 e. The maximum Gasteiger partial charge on any atom is 0.422 e. The molecule has 7 heteroatoms. The van der Waals surface area contributed by atoms with Crippen molar-refractivity contribution in [1.29, 1.82) is 0 Å². The van der Waals surface area contributed by atoms with Gasteiger partial charge in [0.2, 0.25) is 0 Å². The van der Waals surface area contributed by atoms with Gasteiger partial charge in [-0.15, -0.1) is 0 Å². The third-order valence-corrected chi connectivity index (χ3v) is 2.30. The van der Waals surface area contributed by atoms with Gasteiger partial charge >= 0.3 is 12.3 Å². The SMILES string of the molecule is NCC(Cc1ccccc1)NC(=O)OCC(F)(F)F. The Morgan fingerprint density at radius 3 is 2.47 bits per heavy atom. The molecule has 3 N–H and O–H groups in total. The van der Waals surface area contributed by atoms with Gasteiger partial charge in [0.1, 0.15) is 0 Å². The van der Waals surface area contributed by atoms with Crippen molar-refractivity contribution >= 4 is 6.09 Å². The van der Waals surface area contributed by atoms with Gasteiger partial charge in [-0.1, -0.05) is 30.3 Å². The summed E-state index contributed by atoms with van der Waals surface area (Å²) >= 11 is 0. The van der Waals surface area contributed by atoms with Crippen LogP contribution in [0, 0.1) is 0 Å². The van der Waals surface area contributed by atoms with Crippen molar-refractivity contribution in [2.45, 2.75) is 18.6 Å². The number of hydrogen-bond acceptors (Lipinski definition) is 3. The lowest BCUT2D eigenvalue weighted by Crippen LogP contribution is -2.42. The number of carbonyl (C=O) groups excluding carboxylic acids is 1. The molecule has 0 heterocycles. The second-order valence-electron chi connectivity index (χ2n) is 3.96. The van der Waals surface area contributed by atoms with E-state index in [9.17, 15) is 18.0 Å². The van der Waals surface area contributed by atoms with Crippen LogP contribution in [0.15, 0.2) is 30.3 Å². The van der Waals surface area contributed by atoms with E-state index in [1.807, 2.05) is 30.3 Å². The fourth-order valence-electron chi connectivity index (χ4n) is 1.45. The first-order chi connectivity index (χ1) is 8.90. The van der Waals surface area contributed by atoms with Crippen molar-refractivity contribution in [2.24, 2.45) is 5.73 Å². The van der Waals surface area contributed by atoms with Crippen molar-refractivity contribution < 1.29 is 22.7 Å². The molecule has 0 aliphatic carbocycles. The van der Waals surface area contributed by atoms with Crippen LogP contribution in [0.3, 0.4) is 0 Å². The highest BCUT2D eigenvalue weighted by Crippen LogP contribution is 2.14. The Kier molecular flexibility index (Phi) is 5.62. The Morgan fingerprint density at radius 1 is 1.32 bits per heavy atom. The minimum atomic E-state index is -4.53. The molecule has 19 heavy (non-hydrogen) atoms. The first-order valence-corrected chi connectivity index (χ1v) is 5.65. The lowest BCUT2D eigenvalue weighted by molar-refractivity contribution is -0.160. The highest BCUT2D eigenvalue weighted by atomic mass is 19.4. The molecule has 0 fully saturated rings. The number of hydrogen-bond donors (Lipinski definition) is 2. The van der Waals surface area contributed by atoms with Crippen molar-refractivity contribution in [3.8, 4) is 0 Å². The van der Waals surface area contributed by atoms with Crippen LogP contribution in [0.4, 0.5) is 18.0 Å². The van der Waals surface area contributed by atoms with Gasteiger partial charge in [-0.05, 0) is 12.0 Å². The number of carbonyl (C=O) groups is 1. The van der Waals surface area contributed by atoms with Gasteiger partial charge in [0, 0.05) is 12.6 Å². The van der Waals surface area contributed by atoms with E-state index < -0.39 is 24.9 Å². The Morgan fingerprint density at radius 2 is 1.95 bits per heavy atom. The summed E-state index contributed by atoms with van der Waals surface area (Å²) in [5.74, 6) is 0. The molecule has 0 saturated heterocycles. The van der Waals surface area contributed by atoms with E-state index in [4.69, 9.17) is 5.73 Å². The Bertz CT molecular complexity index is 396. The van der Waals surface area contributed by atoms with E-state index in [2.05, 4.69) is 10.1 Å². The van der Waals surface area contributed by atoms with E-state index >= 15 is 0 Å². The smallest absolute Gasteiger partial charge is 0.422 e. The summed E-state index contributed by atoms with van der Waals surface area (Å²) in [5, 5.41) is 2.30. The molecule has 1 atom stereocenters. The summed E-state index contributed by atoms with van der Waals surface area (Å²) in [4.78, 5) is 11.2. The van der Waals surface area contributed by atoms with Gasteiger partial charge in [-0.25, -0.2) is 4.79 Å². The number of alkyl halides is 3.